The minimum atomic E-state index is -5.08. The quantitative estimate of drug-likeness (QED) is 0.338. The van der Waals surface area contributed by atoms with Gasteiger partial charge in [-0.2, -0.15) is 52.7 Å². The first-order valence-electron chi connectivity index (χ1n) is 4.98. The molecule has 0 saturated heterocycles. The summed E-state index contributed by atoms with van der Waals surface area (Å²) in [5, 5.41) is 28.5. The van der Waals surface area contributed by atoms with Crippen molar-refractivity contribution < 1.29 is 118 Å². The van der Waals surface area contributed by atoms with E-state index in [9.17, 15) is 52.7 Å². The second-order valence-corrected chi connectivity index (χ2v) is 3.21. The first kappa shape index (κ1) is 37.6. The van der Waals surface area contributed by atoms with Gasteiger partial charge in [0.25, 0.3) is 0 Å². The number of hydrogen-bond donors (Lipinski definition) is 4. The Morgan fingerprint density at radius 3 is 0.414 bits per heavy atom. The largest absolute Gasteiger partial charge is 0.490 e. The molecule has 4 N–H and O–H groups in total. The van der Waals surface area contributed by atoms with E-state index in [1.54, 1.807) is 0 Å². The van der Waals surface area contributed by atoms with Crippen LogP contribution >= 0.6 is 0 Å². The van der Waals surface area contributed by atoms with Crippen LogP contribution in [0, 0.1) is 0 Å². The van der Waals surface area contributed by atoms with Crippen molar-refractivity contribution in [3.8, 4) is 0 Å². The second-order valence-electron chi connectivity index (χ2n) is 3.21. The molecule has 0 aliphatic rings. The van der Waals surface area contributed by atoms with E-state index in [-0.39, 0.29) is 26.2 Å². The number of hydrogen-bond acceptors (Lipinski definition) is 4. The molecule has 0 heterocycles. The number of rotatable bonds is 0. The average molecular weight is 547 g/mol. The molecule has 0 aliphatic heterocycles. The minimum absolute atomic E-state index is 0. The summed E-state index contributed by atoms with van der Waals surface area (Å²) >= 11 is 0. The van der Waals surface area contributed by atoms with Gasteiger partial charge in [0.15, 0.2) is 0 Å². The number of carboxylic acid groups (broad SMARTS) is 4. The van der Waals surface area contributed by atoms with Gasteiger partial charge in [-0.05, 0) is 0 Å². The SMILES string of the molecule is O=C(O)C(F)(F)F.O=C(O)C(F)(F)F.O=C(O)C(F)(F)F.O=C(O)C(F)(F)F.[Zr]. The predicted molar refractivity (Wildman–Crippen MR) is 54.8 cm³/mol. The summed E-state index contributed by atoms with van der Waals surface area (Å²) in [6.45, 7) is 0. The van der Waals surface area contributed by atoms with Gasteiger partial charge in [0.2, 0.25) is 0 Å². The van der Waals surface area contributed by atoms with E-state index in [1.807, 2.05) is 0 Å². The van der Waals surface area contributed by atoms with Crippen molar-refractivity contribution in [3.05, 3.63) is 0 Å². The number of aliphatic carboxylic acids is 4. The van der Waals surface area contributed by atoms with Crippen LogP contribution in [-0.4, -0.2) is 69.0 Å². The van der Waals surface area contributed by atoms with Crippen LogP contribution in [0.2, 0.25) is 0 Å². The van der Waals surface area contributed by atoms with E-state index in [0.717, 1.165) is 0 Å². The van der Waals surface area contributed by atoms with E-state index in [2.05, 4.69) is 0 Å². The summed E-state index contributed by atoms with van der Waals surface area (Å²) in [5.41, 5.74) is 0. The Morgan fingerprint density at radius 2 is 0.414 bits per heavy atom. The fourth-order valence-electron chi connectivity index (χ4n) is 0. The van der Waals surface area contributed by atoms with Crippen molar-refractivity contribution in [3.63, 3.8) is 0 Å². The Morgan fingerprint density at radius 1 is 0.379 bits per heavy atom. The molecule has 21 heteroatoms. The maximum Gasteiger partial charge on any atom is 0.490 e. The topological polar surface area (TPSA) is 149 Å². The zero-order valence-electron chi connectivity index (χ0n) is 12.5. The third kappa shape index (κ3) is 30.9. The molecular weight excluding hydrogens is 543 g/mol. The molecule has 0 aromatic rings. The van der Waals surface area contributed by atoms with Gasteiger partial charge in [-0.15, -0.1) is 0 Å². The van der Waals surface area contributed by atoms with E-state index < -0.39 is 48.6 Å². The van der Waals surface area contributed by atoms with Crippen LogP contribution in [0.5, 0.6) is 0 Å². The Bertz CT molecular complexity index is 436. The fraction of sp³-hybridized carbons (Fsp3) is 0.500. The van der Waals surface area contributed by atoms with Crippen LogP contribution < -0.4 is 0 Å². The van der Waals surface area contributed by atoms with E-state index in [4.69, 9.17) is 39.6 Å². The Labute approximate surface area is 167 Å². The van der Waals surface area contributed by atoms with Gasteiger partial charge >= 0.3 is 48.6 Å². The van der Waals surface area contributed by atoms with Crippen molar-refractivity contribution in [2.75, 3.05) is 0 Å². The van der Waals surface area contributed by atoms with Crippen molar-refractivity contribution in [1.82, 2.24) is 0 Å². The first-order chi connectivity index (χ1) is 11.8. The molecule has 0 radical (unpaired) electrons. The van der Waals surface area contributed by atoms with Crippen molar-refractivity contribution in [1.29, 1.82) is 0 Å². The van der Waals surface area contributed by atoms with Gasteiger partial charge in [0.05, 0.1) is 0 Å². The molecule has 29 heavy (non-hydrogen) atoms. The smallest absolute Gasteiger partial charge is 0.475 e. The van der Waals surface area contributed by atoms with Crippen LogP contribution in [0.3, 0.4) is 0 Å². The third-order valence-corrected chi connectivity index (χ3v) is 0.970. The Balaban J connectivity index is -0.0000000873. The van der Waals surface area contributed by atoms with Gasteiger partial charge in [0, 0.05) is 26.2 Å². The molecule has 0 aliphatic carbocycles. The zero-order chi connectivity index (χ0) is 24.3. The number of carboxylic acids is 4. The molecule has 0 fully saturated rings. The van der Waals surface area contributed by atoms with E-state index >= 15 is 0 Å². The Kier molecular flexibility index (Phi) is 18.2. The molecular formula is C8H4F12O8Zr. The molecule has 0 amide bonds. The van der Waals surface area contributed by atoms with Gasteiger partial charge in [-0.3, -0.25) is 0 Å². The molecule has 0 aromatic heterocycles. The standard InChI is InChI=1S/4C2HF3O2.Zr/c4*3-2(4,5)1(6)7;/h4*(H,6,7);. The van der Waals surface area contributed by atoms with Crippen LogP contribution in [0.25, 0.3) is 0 Å². The average Bonchev–Trinajstić information content (AvgIpc) is 2.35. The fourth-order valence-corrected chi connectivity index (χ4v) is 0. The zero-order valence-corrected chi connectivity index (χ0v) is 14.9. The number of carbonyl (C=O) groups is 4. The van der Waals surface area contributed by atoms with Crippen molar-refractivity contribution in [2.45, 2.75) is 24.7 Å². The second kappa shape index (κ2) is 14.0. The maximum atomic E-state index is 10.6. The Hall–Kier alpha value is -2.08. The van der Waals surface area contributed by atoms with Crippen molar-refractivity contribution >= 4 is 23.9 Å². The van der Waals surface area contributed by atoms with Gasteiger partial charge < -0.3 is 20.4 Å². The van der Waals surface area contributed by atoms with Crippen LogP contribution in [0.1, 0.15) is 0 Å². The summed E-state index contributed by atoms with van der Waals surface area (Å²) < 4.78 is 127. The normalized spacial score (nSPS) is 10.9. The monoisotopic (exact) mass is 546 g/mol. The van der Waals surface area contributed by atoms with Gasteiger partial charge in [0.1, 0.15) is 0 Å². The number of halogens is 12. The molecule has 172 valence electrons. The first-order valence-corrected chi connectivity index (χ1v) is 4.98. The third-order valence-electron chi connectivity index (χ3n) is 0.970. The van der Waals surface area contributed by atoms with Gasteiger partial charge in [-0.25, -0.2) is 19.2 Å². The van der Waals surface area contributed by atoms with Gasteiger partial charge in [-0.1, -0.05) is 0 Å². The minimum Gasteiger partial charge on any atom is -0.475 e. The molecule has 0 rings (SSSR count). The molecule has 0 saturated carbocycles. The molecule has 0 unspecified atom stereocenters. The molecule has 0 bridgehead atoms. The van der Waals surface area contributed by atoms with Crippen LogP contribution in [0.4, 0.5) is 52.7 Å². The molecule has 0 spiro atoms. The van der Waals surface area contributed by atoms with Crippen LogP contribution in [-0.2, 0) is 45.4 Å². The summed E-state index contributed by atoms with van der Waals surface area (Å²) in [4.78, 5) is 35.6. The molecule has 0 aromatic carbocycles. The number of alkyl halides is 12. The summed E-state index contributed by atoms with van der Waals surface area (Å²) in [7, 11) is 0. The molecule has 8 nitrogen and oxygen atoms in total. The maximum absolute atomic E-state index is 10.6. The van der Waals surface area contributed by atoms with E-state index in [0.29, 0.717) is 0 Å². The van der Waals surface area contributed by atoms with E-state index in [1.165, 1.54) is 0 Å². The van der Waals surface area contributed by atoms with Crippen molar-refractivity contribution in [2.24, 2.45) is 0 Å². The summed E-state index contributed by atoms with van der Waals surface area (Å²) in [6, 6.07) is 0. The summed E-state index contributed by atoms with van der Waals surface area (Å²) in [6.07, 6.45) is -20.3. The predicted octanol–water partition coefficient (Wildman–Crippen LogP) is 2.53. The summed E-state index contributed by atoms with van der Waals surface area (Å²) in [5.74, 6) is -11.0. The molecule has 0 atom stereocenters. The van der Waals surface area contributed by atoms with Crippen LogP contribution in [0.15, 0.2) is 0 Å².